The Kier molecular flexibility index (Phi) is 4.80. The summed E-state index contributed by atoms with van der Waals surface area (Å²) in [5.74, 6) is 1.97. The van der Waals surface area contributed by atoms with E-state index < -0.39 is 15.5 Å². The monoisotopic (exact) mass is 312 g/mol. The Balaban J connectivity index is 2.35. The Hall–Kier alpha value is 0.529. The number of hydrogen-bond acceptors (Lipinski definition) is 0. The van der Waals surface area contributed by atoms with Gasteiger partial charge in [-0.3, -0.25) is 0 Å². The first-order valence-corrected chi connectivity index (χ1v) is 15.7. The standard InChI is InChI=1S/C15H30BClSi2/c1-18(2,3)15(12-19(4,5)17)16-13-8-6-9-14(16)11-7-10-13/h12-14H,6-11H2,1-5H3/b15-12-. The van der Waals surface area contributed by atoms with E-state index in [0.717, 1.165) is 18.3 Å². The van der Waals surface area contributed by atoms with Gasteiger partial charge in [-0.1, -0.05) is 88.6 Å². The molecular weight excluding hydrogens is 283 g/mol. The van der Waals surface area contributed by atoms with Gasteiger partial charge in [-0.2, -0.15) is 11.1 Å². The van der Waals surface area contributed by atoms with Crippen molar-refractivity contribution in [2.45, 2.75) is 82.9 Å². The molecular formula is C15H30BClSi2. The third-order valence-electron chi connectivity index (χ3n) is 5.04. The van der Waals surface area contributed by atoms with Gasteiger partial charge in [0, 0.05) is 0 Å². The molecule has 2 aliphatic heterocycles. The number of hydrogen-bond donors (Lipinski definition) is 0. The van der Waals surface area contributed by atoms with E-state index in [4.69, 9.17) is 11.1 Å². The first kappa shape index (κ1) is 15.9. The molecule has 0 aromatic rings. The van der Waals surface area contributed by atoms with E-state index >= 15 is 0 Å². The predicted octanol–water partition coefficient (Wildman–Crippen LogP) is 5.92. The fourth-order valence-corrected chi connectivity index (χ4v) is 10.2. The second-order valence-corrected chi connectivity index (χ2v) is 19.7. The van der Waals surface area contributed by atoms with Crippen molar-refractivity contribution in [2.75, 3.05) is 0 Å². The van der Waals surface area contributed by atoms with Crippen molar-refractivity contribution in [3.05, 3.63) is 10.8 Å². The van der Waals surface area contributed by atoms with Gasteiger partial charge >= 0.3 is 0 Å². The van der Waals surface area contributed by atoms with Crippen LogP contribution in [-0.2, 0) is 0 Å². The van der Waals surface area contributed by atoms with Crippen LogP contribution in [0.5, 0.6) is 0 Å². The maximum absolute atomic E-state index is 6.69. The van der Waals surface area contributed by atoms with Gasteiger partial charge in [0.15, 0.2) is 14.1 Å². The van der Waals surface area contributed by atoms with Crippen LogP contribution in [0.1, 0.15) is 38.5 Å². The van der Waals surface area contributed by atoms with Crippen molar-refractivity contribution in [3.8, 4) is 0 Å². The summed E-state index contributed by atoms with van der Waals surface area (Å²) in [6.45, 7) is 13.1. The molecule has 0 unspecified atom stereocenters. The lowest BCUT2D eigenvalue weighted by atomic mass is 9.27. The highest BCUT2D eigenvalue weighted by Crippen LogP contribution is 2.50. The molecule has 0 spiro atoms. The molecule has 0 N–H and O–H groups in total. The SMILES string of the molecule is C[Si](C)(Cl)/C=C(/B1C2CCCC1CCC2)[Si](C)(C)C. The maximum atomic E-state index is 6.69. The van der Waals surface area contributed by atoms with Crippen LogP contribution in [-0.4, -0.2) is 22.2 Å². The van der Waals surface area contributed by atoms with Crippen LogP contribution in [0.15, 0.2) is 10.8 Å². The zero-order valence-electron chi connectivity index (χ0n) is 13.4. The van der Waals surface area contributed by atoms with Crippen molar-refractivity contribution in [1.82, 2.24) is 0 Å². The molecule has 2 rings (SSSR count). The normalized spacial score (nSPS) is 29.6. The van der Waals surface area contributed by atoms with Gasteiger partial charge in [0.1, 0.15) is 0 Å². The van der Waals surface area contributed by atoms with Gasteiger partial charge in [0.2, 0.25) is 0 Å². The lowest BCUT2D eigenvalue weighted by Gasteiger charge is -2.45. The summed E-state index contributed by atoms with van der Waals surface area (Å²) < 4.78 is 0. The van der Waals surface area contributed by atoms with Crippen molar-refractivity contribution < 1.29 is 0 Å². The molecule has 0 nitrogen and oxygen atoms in total. The van der Waals surface area contributed by atoms with E-state index in [1.807, 2.05) is 5.10 Å². The average molecular weight is 313 g/mol. The highest BCUT2D eigenvalue weighted by molar-refractivity contribution is 7.23. The fraction of sp³-hybridized carbons (Fsp3) is 0.867. The Morgan fingerprint density at radius 3 is 1.68 bits per heavy atom. The van der Waals surface area contributed by atoms with Crippen LogP contribution >= 0.6 is 11.1 Å². The minimum atomic E-state index is -1.62. The molecule has 108 valence electrons. The van der Waals surface area contributed by atoms with Crippen molar-refractivity contribution in [1.29, 1.82) is 0 Å². The van der Waals surface area contributed by atoms with Gasteiger partial charge in [0.25, 0.3) is 0 Å². The Bertz CT molecular complexity index is 332. The van der Waals surface area contributed by atoms with Crippen LogP contribution in [0.4, 0.5) is 0 Å². The Morgan fingerprint density at radius 1 is 0.947 bits per heavy atom. The molecule has 2 heterocycles. The summed E-state index contributed by atoms with van der Waals surface area (Å²) >= 11 is 6.69. The second kappa shape index (κ2) is 5.73. The van der Waals surface area contributed by atoms with E-state index in [-0.39, 0.29) is 0 Å². The van der Waals surface area contributed by atoms with E-state index in [9.17, 15) is 0 Å². The molecule has 2 fully saturated rings. The summed E-state index contributed by atoms with van der Waals surface area (Å²) in [6.07, 6.45) is 8.88. The predicted molar refractivity (Wildman–Crippen MR) is 95.7 cm³/mol. The van der Waals surface area contributed by atoms with Crippen LogP contribution in [0.2, 0.25) is 44.4 Å². The number of rotatable bonds is 3. The molecule has 4 heteroatoms. The van der Waals surface area contributed by atoms with Crippen LogP contribution in [0.3, 0.4) is 0 Å². The van der Waals surface area contributed by atoms with Gasteiger partial charge in [-0.25, -0.2) is 0 Å². The summed E-state index contributed by atoms with van der Waals surface area (Å²) in [7, 11) is -2.86. The zero-order valence-corrected chi connectivity index (χ0v) is 16.2. The molecule has 0 aliphatic carbocycles. The molecule has 0 aromatic carbocycles. The van der Waals surface area contributed by atoms with Gasteiger partial charge in [-0.05, 0) is 0 Å². The Labute approximate surface area is 127 Å². The summed E-state index contributed by atoms with van der Waals surface area (Å²) in [4.78, 5) is 0. The van der Waals surface area contributed by atoms with Crippen LogP contribution in [0, 0.1) is 0 Å². The topological polar surface area (TPSA) is 0 Å². The van der Waals surface area contributed by atoms with Gasteiger partial charge in [0.05, 0.1) is 8.07 Å². The maximum Gasteiger partial charge on any atom is 0.172 e. The lowest BCUT2D eigenvalue weighted by molar-refractivity contribution is 0.446. The molecule has 0 atom stereocenters. The smallest absolute Gasteiger partial charge is 0.162 e. The summed E-state index contributed by atoms with van der Waals surface area (Å²) in [6, 6.07) is 0. The number of halogens is 1. The highest BCUT2D eigenvalue weighted by atomic mass is 35.6. The molecule has 0 saturated carbocycles. The minimum Gasteiger partial charge on any atom is -0.162 e. The van der Waals surface area contributed by atoms with Crippen molar-refractivity contribution in [2.24, 2.45) is 0 Å². The second-order valence-electron chi connectivity index (χ2n) is 8.32. The van der Waals surface area contributed by atoms with Crippen LogP contribution in [0.25, 0.3) is 0 Å². The van der Waals surface area contributed by atoms with Crippen molar-refractivity contribution in [3.63, 3.8) is 0 Å². The Morgan fingerprint density at radius 2 is 1.37 bits per heavy atom. The molecule has 2 aliphatic rings. The van der Waals surface area contributed by atoms with Gasteiger partial charge in [-0.15, -0.1) is 5.10 Å². The average Bonchev–Trinajstić information content (AvgIpc) is 2.22. The molecule has 19 heavy (non-hydrogen) atoms. The highest BCUT2D eigenvalue weighted by Gasteiger charge is 2.44. The molecule has 0 aromatic heterocycles. The fourth-order valence-electron chi connectivity index (χ4n) is 4.37. The van der Waals surface area contributed by atoms with E-state index in [2.05, 4.69) is 38.4 Å². The van der Waals surface area contributed by atoms with E-state index in [1.54, 1.807) is 0 Å². The lowest BCUT2D eigenvalue weighted by Crippen LogP contribution is -2.45. The number of fused-ring (bicyclic) bond motifs is 2. The molecule has 0 radical (unpaired) electrons. The van der Waals surface area contributed by atoms with Gasteiger partial charge < -0.3 is 0 Å². The third-order valence-corrected chi connectivity index (χ3v) is 8.86. The molecule has 2 bridgehead atoms. The van der Waals surface area contributed by atoms with E-state index in [1.165, 1.54) is 38.5 Å². The minimum absolute atomic E-state index is 0.902. The molecule has 2 saturated heterocycles. The van der Waals surface area contributed by atoms with Crippen LogP contribution < -0.4 is 0 Å². The summed E-state index contributed by atoms with van der Waals surface area (Å²) in [5.41, 5.74) is 2.59. The third kappa shape index (κ3) is 4.01. The quantitative estimate of drug-likeness (QED) is 0.448. The first-order chi connectivity index (χ1) is 8.68. The zero-order chi connectivity index (χ0) is 14.3. The first-order valence-electron chi connectivity index (χ1n) is 8.10. The largest absolute Gasteiger partial charge is 0.172 e. The summed E-state index contributed by atoms with van der Waals surface area (Å²) in [5, 5.41) is 1.84. The molecule has 0 amide bonds. The van der Waals surface area contributed by atoms with E-state index in [0.29, 0.717) is 0 Å². The van der Waals surface area contributed by atoms with Crippen molar-refractivity contribution >= 4 is 33.2 Å².